The number of esters is 1. The topological polar surface area (TPSA) is 65.9 Å². The van der Waals surface area contributed by atoms with Crippen molar-refractivity contribution < 1.29 is 41.0 Å². The second-order valence-electron chi connectivity index (χ2n) is 11.0. The fraction of sp³-hybridized carbons (Fsp3) is 0.419. The molecule has 2 aromatic carbocycles. The SMILES string of the molecule is Cc1cc(CN2CCN(Cc3ccncc3)CC2C(=O)OC(C)C)ccc1-c1ccc(C(O)(C(F)(F)F)C(F)(F)F)cc1. The zero-order chi connectivity index (χ0) is 31.6. The molecule has 0 radical (unpaired) electrons. The molecule has 0 aliphatic carbocycles. The zero-order valence-corrected chi connectivity index (χ0v) is 23.9. The fourth-order valence-corrected chi connectivity index (χ4v) is 5.25. The Labute approximate surface area is 245 Å². The molecule has 1 saturated heterocycles. The number of rotatable bonds is 8. The van der Waals surface area contributed by atoms with Gasteiger partial charge in [-0.2, -0.15) is 26.3 Å². The van der Waals surface area contributed by atoms with Gasteiger partial charge >= 0.3 is 18.3 Å². The normalized spacial score (nSPS) is 17.3. The summed E-state index contributed by atoms with van der Waals surface area (Å²) in [5.41, 5.74) is -2.59. The molecular formula is C31H33F6N3O3. The van der Waals surface area contributed by atoms with Crippen LogP contribution in [0.3, 0.4) is 0 Å². The average molecular weight is 610 g/mol. The number of carbonyl (C=O) groups excluding carboxylic acids is 1. The van der Waals surface area contributed by atoms with Crippen LogP contribution >= 0.6 is 0 Å². The third-order valence-corrected chi connectivity index (χ3v) is 7.47. The van der Waals surface area contributed by atoms with E-state index in [1.165, 1.54) is 0 Å². The van der Waals surface area contributed by atoms with Crippen molar-refractivity contribution in [2.45, 2.75) is 64.0 Å². The molecule has 1 aliphatic rings. The Morgan fingerprint density at radius 3 is 2.12 bits per heavy atom. The summed E-state index contributed by atoms with van der Waals surface area (Å²) in [6, 6.07) is 12.3. The van der Waals surface area contributed by atoms with Crippen molar-refractivity contribution in [1.82, 2.24) is 14.8 Å². The van der Waals surface area contributed by atoms with Gasteiger partial charge in [-0.1, -0.05) is 42.5 Å². The molecule has 12 heteroatoms. The first-order valence-corrected chi connectivity index (χ1v) is 13.7. The van der Waals surface area contributed by atoms with Crippen molar-refractivity contribution in [3.05, 3.63) is 89.2 Å². The number of hydrogen-bond donors (Lipinski definition) is 1. The summed E-state index contributed by atoms with van der Waals surface area (Å²) in [5.74, 6) is -0.319. The van der Waals surface area contributed by atoms with Gasteiger partial charge in [0.1, 0.15) is 6.04 Å². The predicted octanol–water partition coefficient (Wildman–Crippen LogP) is 6.01. The van der Waals surface area contributed by atoms with E-state index in [0.29, 0.717) is 49.4 Å². The van der Waals surface area contributed by atoms with Gasteiger partial charge in [0, 0.05) is 50.7 Å². The van der Waals surface area contributed by atoms with E-state index >= 15 is 0 Å². The molecule has 232 valence electrons. The number of aliphatic hydroxyl groups is 1. The Balaban J connectivity index is 1.52. The van der Waals surface area contributed by atoms with Crippen LogP contribution in [0.25, 0.3) is 11.1 Å². The van der Waals surface area contributed by atoms with E-state index in [1.807, 2.05) is 29.2 Å². The molecule has 1 aromatic heterocycles. The summed E-state index contributed by atoms with van der Waals surface area (Å²) in [5, 5.41) is 9.67. The minimum absolute atomic E-state index is 0.277. The van der Waals surface area contributed by atoms with Gasteiger partial charge in [0.2, 0.25) is 0 Å². The first kappa shape index (κ1) is 32.4. The van der Waals surface area contributed by atoms with Crippen LogP contribution in [-0.4, -0.2) is 70.0 Å². The van der Waals surface area contributed by atoms with E-state index in [1.54, 1.807) is 39.2 Å². The minimum Gasteiger partial charge on any atom is -0.462 e. The van der Waals surface area contributed by atoms with E-state index in [4.69, 9.17) is 4.74 Å². The number of pyridine rings is 1. The maximum absolute atomic E-state index is 13.3. The number of carbonyl (C=O) groups is 1. The van der Waals surface area contributed by atoms with Crippen molar-refractivity contribution in [2.24, 2.45) is 0 Å². The Bertz CT molecular complexity index is 1380. The lowest BCUT2D eigenvalue weighted by atomic mass is 9.90. The molecule has 1 unspecified atom stereocenters. The molecule has 43 heavy (non-hydrogen) atoms. The molecular weight excluding hydrogens is 576 g/mol. The van der Waals surface area contributed by atoms with E-state index in [9.17, 15) is 36.2 Å². The van der Waals surface area contributed by atoms with Gasteiger partial charge in [0.25, 0.3) is 5.60 Å². The summed E-state index contributed by atoms with van der Waals surface area (Å²) < 4.78 is 85.1. The number of aromatic nitrogens is 1. The molecule has 0 bridgehead atoms. The van der Waals surface area contributed by atoms with Crippen LogP contribution in [-0.2, 0) is 28.2 Å². The molecule has 1 N–H and O–H groups in total. The van der Waals surface area contributed by atoms with Gasteiger partial charge in [-0.25, -0.2) is 0 Å². The van der Waals surface area contributed by atoms with E-state index < -0.39 is 29.6 Å². The summed E-state index contributed by atoms with van der Waals surface area (Å²) in [6.45, 7) is 8.27. The zero-order valence-electron chi connectivity index (χ0n) is 23.9. The maximum atomic E-state index is 13.3. The lowest BCUT2D eigenvalue weighted by Gasteiger charge is -2.40. The van der Waals surface area contributed by atoms with Crippen LogP contribution in [0, 0.1) is 6.92 Å². The largest absolute Gasteiger partial charge is 0.462 e. The Morgan fingerprint density at radius 1 is 0.930 bits per heavy atom. The lowest BCUT2D eigenvalue weighted by Crippen LogP contribution is -2.56. The third kappa shape index (κ3) is 7.19. The van der Waals surface area contributed by atoms with Crippen LogP contribution < -0.4 is 0 Å². The Morgan fingerprint density at radius 2 is 1.56 bits per heavy atom. The van der Waals surface area contributed by atoms with Crippen LogP contribution in [0.5, 0.6) is 0 Å². The van der Waals surface area contributed by atoms with Gasteiger partial charge in [-0.15, -0.1) is 0 Å². The quantitative estimate of drug-likeness (QED) is 0.250. The summed E-state index contributed by atoms with van der Waals surface area (Å²) in [7, 11) is 0. The molecule has 2 heterocycles. The number of benzene rings is 2. The fourth-order valence-electron chi connectivity index (χ4n) is 5.25. The van der Waals surface area contributed by atoms with E-state index in [0.717, 1.165) is 35.4 Å². The van der Waals surface area contributed by atoms with Gasteiger partial charge in [0.15, 0.2) is 0 Å². The molecule has 1 fully saturated rings. The second-order valence-corrected chi connectivity index (χ2v) is 11.0. The molecule has 4 rings (SSSR count). The standard InChI is InChI=1S/C31H33F6N3O3/c1-20(2)43-28(41)27-19-39(17-22-10-12-38-13-11-22)14-15-40(27)18-23-4-9-26(21(3)16-23)24-5-7-25(8-6-24)29(42,30(32,33)34)31(35,36)37/h4-13,16,20,27,42H,14-15,17-19H2,1-3H3. The average Bonchev–Trinajstić information content (AvgIpc) is 2.92. The molecule has 0 saturated carbocycles. The smallest absolute Gasteiger partial charge is 0.430 e. The van der Waals surface area contributed by atoms with Gasteiger partial charge in [-0.05, 0) is 60.7 Å². The number of halogens is 6. The number of ether oxygens (including phenoxy) is 1. The van der Waals surface area contributed by atoms with Crippen molar-refractivity contribution in [1.29, 1.82) is 0 Å². The highest BCUT2D eigenvalue weighted by molar-refractivity contribution is 5.76. The van der Waals surface area contributed by atoms with Crippen LogP contribution in [0.1, 0.15) is 36.1 Å². The van der Waals surface area contributed by atoms with E-state index in [2.05, 4.69) is 9.88 Å². The number of hydrogen-bond acceptors (Lipinski definition) is 6. The van der Waals surface area contributed by atoms with Crippen LogP contribution in [0.2, 0.25) is 0 Å². The molecule has 0 amide bonds. The monoisotopic (exact) mass is 609 g/mol. The minimum atomic E-state index is -5.95. The Hall–Kier alpha value is -3.48. The molecule has 1 aliphatic heterocycles. The summed E-state index contributed by atoms with van der Waals surface area (Å²) in [4.78, 5) is 21.4. The van der Waals surface area contributed by atoms with Crippen LogP contribution in [0.4, 0.5) is 26.3 Å². The highest BCUT2D eigenvalue weighted by Crippen LogP contribution is 2.50. The first-order chi connectivity index (χ1) is 20.1. The number of nitrogens with zero attached hydrogens (tertiary/aromatic N) is 3. The van der Waals surface area contributed by atoms with Crippen molar-refractivity contribution in [3.63, 3.8) is 0 Å². The molecule has 1 atom stereocenters. The van der Waals surface area contributed by atoms with Gasteiger partial charge in [-0.3, -0.25) is 19.6 Å². The molecule has 6 nitrogen and oxygen atoms in total. The van der Waals surface area contributed by atoms with Crippen molar-refractivity contribution >= 4 is 5.97 Å². The summed E-state index contributed by atoms with van der Waals surface area (Å²) in [6.07, 6.45) is -8.73. The van der Waals surface area contributed by atoms with Gasteiger partial charge < -0.3 is 9.84 Å². The highest BCUT2D eigenvalue weighted by atomic mass is 19.4. The van der Waals surface area contributed by atoms with E-state index in [-0.39, 0.29) is 12.1 Å². The second kappa shape index (κ2) is 12.6. The molecule has 0 spiro atoms. The maximum Gasteiger partial charge on any atom is 0.430 e. The highest BCUT2D eigenvalue weighted by Gasteiger charge is 2.71. The number of piperazine rings is 1. The Kier molecular flexibility index (Phi) is 9.53. The number of aryl methyl sites for hydroxylation is 1. The van der Waals surface area contributed by atoms with Crippen molar-refractivity contribution in [2.75, 3.05) is 19.6 Å². The molecule has 3 aromatic rings. The third-order valence-electron chi connectivity index (χ3n) is 7.47. The predicted molar refractivity (Wildman–Crippen MR) is 148 cm³/mol. The first-order valence-electron chi connectivity index (χ1n) is 13.7. The number of alkyl halides is 6. The van der Waals surface area contributed by atoms with Gasteiger partial charge in [0.05, 0.1) is 6.10 Å². The van der Waals surface area contributed by atoms with Crippen LogP contribution in [0.15, 0.2) is 67.0 Å². The summed E-state index contributed by atoms with van der Waals surface area (Å²) >= 11 is 0. The lowest BCUT2D eigenvalue weighted by molar-refractivity contribution is -0.376. The van der Waals surface area contributed by atoms with Crippen molar-refractivity contribution in [3.8, 4) is 11.1 Å².